The molecule has 2 aromatic heterocycles. The number of carbonyl (C=O) groups excluding carboxylic acids is 1. The van der Waals surface area contributed by atoms with E-state index in [0.717, 1.165) is 0 Å². The van der Waals surface area contributed by atoms with Gasteiger partial charge in [0.25, 0.3) is 5.91 Å². The fraction of sp³-hybridized carbons (Fsp3) is 0.278. The maximum atomic E-state index is 13.2. The molecule has 0 saturated heterocycles. The molecule has 3 rings (SSSR count). The summed E-state index contributed by atoms with van der Waals surface area (Å²) in [5.41, 5.74) is 1.58. The molecular formula is C18H18ClFN6O3. The largest absolute Gasteiger partial charge is 0.320 e. The van der Waals surface area contributed by atoms with Crippen molar-refractivity contribution in [2.75, 3.05) is 5.32 Å². The minimum atomic E-state index is -0.700. The number of rotatable bonds is 6. The summed E-state index contributed by atoms with van der Waals surface area (Å²) in [4.78, 5) is 23.2. The van der Waals surface area contributed by atoms with Crippen molar-refractivity contribution in [3.05, 3.63) is 68.0 Å². The van der Waals surface area contributed by atoms with Gasteiger partial charge in [-0.1, -0.05) is 17.7 Å². The van der Waals surface area contributed by atoms with E-state index in [-0.39, 0.29) is 22.9 Å². The van der Waals surface area contributed by atoms with Gasteiger partial charge in [0.1, 0.15) is 12.0 Å². The van der Waals surface area contributed by atoms with Gasteiger partial charge < -0.3 is 5.32 Å². The highest BCUT2D eigenvalue weighted by Crippen LogP contribution is 2.25. The Morgan fingerprint density at radius 2 is 2.07 bits per heavy atom. The van der Waals surface area contributed by atoms with Crippen LogP contribution in [0.1, 0.15) is 34.4 Å². The van der Waals surface area contributed by atoms with Gasteiger partial charge in [-0.05, 0) is 38.5 Å². The number of hydrogen-bond acceptors (Lipinski definition) is 5. The number of nitrogens with one attached hydrogen (secondary N) is 1. The topological polar surface area (TPSA) is 108 Å². The summed E-state index contributed by atoms with van der Waals surface area (Å²) in [5, 5.41) is 22.5. The number of benzene rings is 1. The maximum Gasteiger partial charge on any atom is 0.320 e. The minimum absolute atomic E-state index is 0.267. The lowest BCUT2D eigenvalue weighted by atomic mass is 10.2. The van der Waals surface area contributed by atoms with Crippen molar-refractivity contribution < 1.29 is 14.1 Å². The summed E-state index contributed by atoms with van der Waals surface area (Å²) in [6.07, 6.45) is 1.22. The Kier molecular flexibility index (Phi) is 5.64. The average molecular weight is 421 g/mol. The Morgan fingerprint density at radius 3 is 2.69 bits per heavy atom. The van der Waals surface area contributed by atoms with E-state index >= 15 is 0 Å². The van der Waals surface area contributed by atoms with Crippen molar-refractivity contribution >= 4 is 28.9 Å². The molecule has 0 saturated carbocycles. The van der Waals surface area contributed by atoms with Gasteiger partial charge in [-0.2, -0.15) is 10.2 Å². The quantitative estimate of drug-likeness (QED) is 0.483. The van der Waals surface area contributed by atoms with E-state index < -0.39 is 16.6 Å². The van der Waals surface area contributed by atoms with Gasteiger partial charge in [0.15, 0.2) is 0 Å². The molecule has 1 aromatic carbocycles. The number of nitrogens with zero attached hydrogens (tertiary/aromatic N) is 5. The number of nitro groups is 1. The third-order valence-electron chi connectivity index (χ3n) is 4.43. The monoisotopic (exact) mass is 420 g/mol. The number of carbonyl (C=O) groups is 1. The van der Waals surface area contributed by atoms with Crippen LogP contribution in [0.15, 0.2) is 24.4 Å². The Bertz CT molecular complexity index is 1110. The molecule has 11 heteroatoms. The highest BCUT2D eigenvalue weighted by atomic mass is 35.5. The molecule has 9 nitrogen and oxygen atoms in total. The number of aryl methyl sites for hydroxylation is 2. The smallest absolute Gasteiger partial charge is 0.317 e. The van der Waals surface area contributed by atoms with E-state index in [4.69, 9.17) is 11.6 Å². The third-order valence-corrected chi connectivity index (χ3v) is 4.79. The van der Waals surface area contributed by atoms with Crippen LogP contribution in [0, 0.1) is 29.8 Å². The average Bonchev–Trinajstić information content (AvgIpc) is 3.21. The fourth-order valence-corrected chi connectivity index (χ4v) is 3.11. The van der Waals surface area contributed by atoms with Crippen LogP contribution in [0.4, 0.5) is 15.8 Å². The molecule has 0 radical (unpaired) electrons. The minimum Gasteiger partial charge on any atom is -0.317 e. The van der Waals surface area contributed by atoms with Gasteiger partial charge in [-0.3, -0.25) is 24.3 Å². The molecule has 0 aliphatic carbocycles. The first kappa shape index (κ1) is 20.5. The number of anilines is 1. The summed E-state index contributed by atoms with van der Waals surface area (Å²) < 4.78 is 16.2. The van der Waals surface area contributed by atoms with Crippen LogP contribution in [-0.4, -0.2) is 30.4 Å². The molecule has 29 heavy (non-hydrogen) atoms. The molecule has 0 bridgehead atoms. The van der Waals surface area contributed by atoms with Gasteiger partial charge in [-0.25, -0.2) is 4.39 Å². The van der Waals surface area contributed by atoms with E-state index in [0.29, 0.717) is 29.2 Å². The molecule has 0 fully saturated rings. The number of amides is 1. The normalized spacial score (nSPS) is 10.9. The number of aromatic nitrogens is 4. The van der Waals surface area contributed by atoms with Gasteiger partial charge in [0, 0.05) is 11.6 Å². The van der Waals surface area contributed by atoms with Crippen molar-refractivity contribution in [1.82, 2.24) is 19.6 Å². The first-order valence-corrected chi connectivity index (χ1v) is 9.10. The summed E-state index contributed by atoms with van der Waals surface area (Å²) in [5.74, 6) is -1.14. The lowest BCUT2D eigenvalue weighted by Crippen LogP contribution is -2.16. The zero-order valence-electron chi connectivity index (χ0n) is 15.9. The molecule has 0 aliphatic rings. The van der Waals surface area contributed by atoms with Crippen LogP contribution in [0.5, 0.6) is 0 Å². The van der Waals surface area contributed by atoms with Crippen LogP contribution in [-0.2, 0) is 13.1 Å². The molecule has 2 heterocycles. The predicted molar refractivity (Wildman–Crippen MR) is 105 cm³/mol. The van der Waals surface area contributed by atoms with E-state index in [9.17, 15) is 19.3 Å². The molecule has 3 aromatic rings. The first-order valence-electron chi connectivity index (χ1n) is 8.72. The summed E-state index contributed by atoms with van der Waals surface area (Å²) in [7, 11) is 0. The third kappa shape index (κ3) is 4.11. The van der Waals surface area contributed by atoms with Crippen LogP contribution >= 0.6 is 11.6 Å². The van der Waals surface area contributed by atoms with Crippen molar-refractivity contribution in [3.8, 4) is 0 Å². The zero-order valence-corrected chi connectivity index (χ0v) is 16.7. The van der Waals surface area contributed by atoms with Gasteiger partial charge in [0.2, 0.25) is 5.69 Å². The molecule has 1 amide bonds. The molecule has 0 aliphatic heterocycles. The summed E-state index contributed by atoms with van der Waals surface area (Å²) in [6, 6.07) is 4.08. The lowest BCUT2D eigenvalue weighted by Gasteiger charge is -2.08. The SMILES string of the molecule is CCn1cc([N+](=O)[O-])c(C(=O)Nc2c(C)nn(Cc3ccc(F)cc3Cl)c2C)n1. The molecule has 1 N–H and O–H groups in total. The fourth-order valence-electron chi connectivity index (χ4n) is 2.88. The van der Waals surface area contributed by atoms with Gasteiger partial charge >= 0.3 is 5.69 Å². The second kappa shape index (κ2) is 8.00. The molecule has 0 atom stereocenters. The van der Waals surface area contributed by atoms with Gasteiger partial charge in [0.05, 0.1) is 28.5 Å². The van der Waals surface area contributed by atoms with Crippen LogP contribution in [0.3, 0.4) is 0 Å². The summed E-state index contributed by atoms with van der Waals surface area (Å²) in [6.45, 7) is 5.86. The van der Waals surface area contributed by atoms with Crippen molar-refractivity contribution in [1.29, 1.82) is 0 Å². The number of halogens is 2. The van der Waals surface area contributed by atoms with Crippen molar-refractivity contribution in [2.24, 2.45) is 0 Å². The second-order valence-corrected chi connectivity index (χ2v) is 6.78. The second-order valence-electron chi connectivity index (χ2n) is 6.37. The van der Waals surface area contributed by atoms with E-state index in [1.165, 1.54) is 23.0 Å². The highest BCUT2D eigenvalue weighted by molar-refractivity contribution is 6.31. The molecule has 0 unspecified atom stereocenters. The Balaban J connectivity index is 1.88. The van der Waals surface area contributed by atoms with Crippen LogP contribution < -0.4 is 5.32 Å². The molecule has 152 valence electrons. The first-order chi connectivity index (χ1) is 13.7. The Hall–Kier alpha value is -3.27. The van der Waals surface area contributed by atoms with E-state index in [1.54, 1.807) is 31.5 Å². The van der Waals surface area contributed by atoms with E-state index in [1.807, 2.05) is 0 Å². The Labute approximate surface area is 170 Å². The Morgan fingerprint density at radius 1 is 1.34 bits per heavy atom. The summed E-state index contributed by atoms with van der Waals surface area (Å²) >= 11 is 6.08. The standard InChI is InChI=1S/C18H18ClFN6O3/c1-4-24-9-15(26(28)29)17(23-24)18(27)21-16-10(2)22-25(11(16)3)8-12-5-6-13(20)7-14(12)19/h5-7,9H,4,8H2,1-3H3,(H,21,27). The van der Waals surface area contributed by atoms with Crippen molar-refractivity contribution in [2.45, 2.75) is 33.9 Å². The lowest BCUT2D eigenvalue weighted by molar-refractivity contribution is -0.385. The van der Waals surface area contributed by atoms with E-state index in [2.05, 4.69) is 15.5 Å². The molecule has 0 spiro atoms. The van der Waals surface area contributed by atoms with Crippen LogP contribution in [0.2, 0.25) is 5.02 Å². The highest BCUT2D eigenvalue weighted by Gasteiger charge is 2.27. The van der Waals surface area contributed by atoms with Gasteiger partial charge in [-0.15, -0.1) is 0 Å². The molecular weight excluding hydrogens is 403 g/mol. The number of hydrogen-bond donors (Lipinski definition) is 1. The zero-order chi connectivity index (χ0) is 21.3. The van der Waals surface area contributed by atoms with Crippen LogP contribution in [0.25, 0.3) is 0 Å². The maximum absolute atomic E-state index is 13.2. The van der Waals surface area contributed by atoms with Crippen molar-refractivity contribution in [3.63, 3.8) is 0 Å². The predicted octanol–water partition coefficient (Wildman–Crippen LogP) is 3.72.